The number of amides is 2. The van der Waals surface area contributed by atoms with Crippen molar-refractivity contribution in [3.63, 3.8) is 0 Å². The van der Waals surface area contributed by atoms with Crippen molar-refractivity contribution < 1.29 is 19.1 Å². The van der Waals surface area contributed by atoms with Crippen LogP contribution in [0.2, 0.25) is 0 Å². The first-order valence-electron chi connectivity index (χ1n) is 7.53. The van der Waals surface area contributed by atoms with E-state index in [2.05, 4.69) is 52.4 Å². The molecule has 0 atom stereocenters. The molecule has 0 unspecified atom stereocenters. The van der Waals surface area contributed by atoms with E-state index in [-0.39, 0.29) is 17.1 Å². The number of hydrogen-bond acceptors (Lipinski definition) is 4. The normalized spacial score (nSPS) is 11.2. The summed E-state index contributed by atoms with van der Waals surface area (Å²) in [4.78, 5) is 26.5. The van der Waals surface area contributed by atoms with E-state index < -0.39 is 24.2 Å². The largest absolute Gasteiger partial charge is 0.493 e. The van der Waals surface area contributed by atoms with E-state index in [4.69, 9.17) is 0 Å². The van der Waals surface area contributed by atoms with Crippen LogP contribution < -0.4 is 5.32 Å². The Morgan fingerprint density at radius 3 is 2.59 bits per heavy atom. The molecule has 7 nitrogen and oxygen atoms in total. The smallest absolute Gasteiger partial charge is 0.283 e. The highest BCUT2D eigenvalue weighted by Crippen LogP contribution is 2.40. The van der Waals surface area contributed by atoms with Gasteiger partial charge in [0.2, 0.25) is 5.88 Å². The van der Waals surface area contributed by atoms with Gasteiger partial charge >= 0.3 is 0 Å². The molecule has 10 heteroatoms. The molecule has 3 N–H and O–H groups in total. The lowest BCUT2D eigenvalue weighted by Gasteiger charge is -2.02. The summed E-state index contributed by atoms with van der Waals surface area (Å²) in [7, 11) is 0. The predicted octanol–water partition coefficient (Wildman–Crippen LogP) is 4.58. The van der Waals surface area contributed by atoms with Crippen LogP contribution in [0.15, 0.2) is 55.6 Å². The van der Waals surface area contributed by atoms with Gasteiger partial charge in [-0.05, 0) is 52.3 Å². The molecule has 27 heavy (non-hydrogen) atoms. The van der Waals surface area contributed by atoms with Crippen molar-refractivity contribution in [3.05, 3.63) is 56.7 Å². The summed E-state index contributed by atoms with van der Waals surface area (Å²) in [6, 6.07) is 8.40. The number of benzene rings is 2. The highest BCUT2D eigenvalue weighted by Gasteiger charge is 2.14. The summed E-state index contributed by atoms with van der Waals surface area (Å²) in [5.41, 5.74) is 0.914. The predicted molar refractivity (Wildman–Crippen MR) is 104 cm³/mol. The number of rotatable bonds is 4. The fourth-order valence-corrected chi connectivity index (χ4v) is 3.62. The molecule has 0 aliphatic rings. The lowest BCUT2D eigenvalue weighted by molar-refractivity contribution is -0.117. The number of H-pyrrole nitrogens is 1. The second-order valence-corrected chi connectivity index (χ2v) is 7.19. The molecule has 1 aromatic heterocycles. The fraction of sp³-hybridized carbons (Fsp3) is 0.0588. The minimum Gasteiger partial charge on any atom is -0.493 e. The molecule has 0 bridgehead atoms. The summed E-state index contributed by atoms with van der Waals surface area (Å²) >= 11 is 6.70. The van der Waals surface area contributed by atoms with Gasteiger partial charge in [0, 0.05) is 19.9 Å². The maximum absolute atomic E-state index is 12.9. The molecular formula is C17H11Br2FN4O3. The van der Waals surface area contributed by atoms with E-state index in [1.807, 2.05) is 0 Å². The summed E-state index contributed by atoms with van der Waals surface area (Å²) in [6.45, 7) is -0.393. The van der Waals surface area contributed by atoms with E-state index >= 15 is 0 Å². The van der Waals surface area contributed by atoms with Crippen molar-refractivity contribution >= 4 is 60.3 Å². The first-order chi connectivity index (χ1) is 12.8. The zero-order chi connectivity index (χ0) is 19.6. The molecule has 3 rings (SSSR count). The second-order valence-electron chi connectivity index (χ2n) is 5.42. The van der Waals surface area contributed by atoms with Crippen LogP contribution in [-0.4, -0.2) is 28.4 Å². The molecule has 0 aliphatic carbocycles. The van der Waals surface area contributed by atoms with Crippen LogP contribution in [0, 0.1) is 5.82 Å². The van der Waals surface area contributed by atoms with Gasteiger partial charge in [-0.1, -0.05) is 15.9 Å². The van der Waals surface area contributed by atoms with E-state index in [1.54, 1.807) is 12.1 Å². The van der Waals surface area contributed by atoms with Gasteiger partial charge < -0.3 is 15.4 Å². The van der Waals surface area contributed by atoms with Crippen LogP contribution >= 0.6 is 31.9 Å². The number of carbonyl (C=O) groups is 2. The number of azo groups is 1. The molecule has 2 aromatic carbocycles. The maximum Gasteiger partial charge on any atom is 0.283 e. The Morgan fingerprint density at radius 2 is 1.89 bits per heavy atom. The Morgan fingerprint density at radius 1 is 1.19 bits per heavy atom. The zero-order valence-corrected chi connectivity index (χ0v) is 16.6. The number of aromatic nitrogens is 1. The third-order valence-corrected chi connectivity index (χ3v) is 4.63. The lowest BCUT2D eigenvalue weighted by atomic mass is 10.2. The molecule has 0 spiro atoms. The number of fused-ring (bicyclic) bond motifs is 1. The van der Waals surface area contributed by atoms with Crippen molar-refractivity contribution in [2.75, 3.05) is 6.54 Å². The van der Waals surface area contributed by atoms with E-state index in [0.29, 0.717) is 15.4 Å². The quantitative estimate of drug-likeness (QED) is 0.459. The Hall–Kier alpha value is -2.59. The van der Waals surface area contributed by atoms with Gasteiger partial charge in [-0.25, -0.2) is 4.39 Å². The Bertz CT molecular complexity index is 1060. The van der Waals surface area contributed by atoms with Crippen molar-refractivity contribution in [3.8, 4) is 5.88 Å². The van der Waals surface area contributed by atoms with Crippen molar-refractivity contribution in [1.29, 1.82) is 0 Å². The van der Waals surface area contributed by atoms with Crippen LogP contribution in [0.5, 0.6) is 5.88 Å². The lowest BCUT2D eigenvalue weighted by Crippen LogP contribution is -2.28. The molecule has 0 aliphatic heterocycles. The van der Waals surface area contributed by atoms with Crippen LogP contribution in [0.4, 0.5) is 10.1 Å². The molecule has 138 valence electrons. The van der Waals surface area contributed by atoms with Gasteiger partial charge in [0.15, 0.2) is 5.69 Å². The van der Waals surface area contributed by atoms with Crippen molar-refractivity contribution in [1.82, 2.24) is 10.3 Å². The summed E-state index contributed by atoms with van der Waals surface area (Å²) in [6.07, 6.45) is 0. The third kappa shape index (κ3) is 4.40. The van der Waals surface area contributed by atoms with Crippen LogP contribution in [-0.2, 0) is 4.79 Å². The SMILES string of the molecule is O=C(CNC(=O)c1ccc(F)cc1)N=Nc1c(O)[nH]c2c(Br)cc(Br)cc12. The number of hydrogen-bond donors (Lipinski definition) is 3. The average Bonchev–Trinajstić information content (AvgIpc) is 2.94. The number of nitrogens with zero attached hydrogens (tertiary/aromatic N) is 2. The molecule has 0 saturated carbocycles. The van der Waals surface area contributed by atoms with Gasteiger partial charge in [0.1, 0.15) is 12.4 Å². The molecule has 0 saturated heterocycles. The van der Waals surface area contributed by atoms with E-state index in [1.165, 1.54) is 12.1 Å². The topological polar surface area (TPSA) is 107 Å². The van der Waals surface area contributed by atoms with Gasteiger partial charge in [0.25, 0.3) is 11.8 Å². The van der Waals surface area contributed by atoms with Gasteiger partial charge in [-0.2, -0.15) is 0 Å². The highest BCUT2D eigenvalue weighted by atomic mass is 79.9. The maximum atomic E-state index is 12.9. The Balaban J connectivity index is 1.70. The Labute approximate surface area is 168 Å². The second kappa shape index (κ2) is 7.97. The number of aromatic amines is 1. The minimum atomic E-state index is -0.715. The molecule has 3 aromatic rings. The Kier molecular flexibility index (Phi) is 5.66. The zero-order valence-electron chi connectivity index (χ0n) is 13.5. The monoisotopic (exact) mass is 496 g/mol. The fourth-order valence-electron chi connectivity index (χ4n) is 2.29. The van der Waals surface area contributed by atoms with E-state index in [0.717, 1.165) is 16.6 Å². The number of nitrogens with one attached hydrogen (secondary N) is 2. The standard InChI is InChI=1S/C17H11Br2FN4O3/c18-9-5-11-14(12(19)6-9)22-17(27)15(11)24-23-13(25)7-21-16(26)8-1-3-10(20)4-2-8/h1-6,22,27H,7H2,(H,21,26). The molecule has 0 fully saturated rings. The van der Waals surface area contributed by atoms with Gasteiger partial charge in [0.05, 0.1) is 5.52 Å². The highest BCUT2D eigenvalue weighted by molar-refractivity contribution is 9.11. The van der Waals surface area contributed by atoms with E-state index in [9.17, 15) is 19.1 Å². The molecular weight excluding hydrogens is 487 g/mol. The van der Waals surface area contributed by atoms with Crippen LogP contribution in [0.3, 0.4) is 0 Å². The summed E-state index contributed by atoms with van der Waals surface area (Å²) in [5, 5.41) is 20.2. The minimum absolute atomic E-state index is 0.102. The molecule has 0 radical (unpaired) electrons. The number of carbonyl (C=O) groups excluding carboxylic acids is 2. The van der Waals surface area contributed by atoms with Gasteiger partial charge in [-0.3, -0.25) is 9.59 Å². The number of aromatic hydroxyl groups is 1. The van der Waals surface area contributed by atoms with Crippen LogP contribution in [0.1, 0.15) is 10.4 Å². The molecule has 2 amide bonds. The summed E-state index contributed by atoms with van der Waals surface area (Å²) in [5.74, 6) is -1.96. The third-order valence-electron chi connectivity index (χ3n) is 3.55. The number of halogens is 3. The van der Waals surface area contributed by atoms with Crippen LogP contribution in [0.25, 0.3) is 10.9 Å². The summed E-state index contributed by atoms with van der Waals surface area (Å²) < 4.78 is 14.3. The first kappa shape index (κ1) is 19.2. The van der Waals surface area contributed by atoms with Crippen molar-refractivity contribution in [2.24, 2.45) is 10.2 Å². The first-order valence-corrected chi connectivity index (χ1v) is 9.12. The molecule has 1 heterocycles. The van der Waals surface area contributed by atoms with Gasteiger partial charge in [-0.15, -0.1) is 10.2 Å². The average molecular weight is 498 g/mol. The van der Waals surface area contributed by atoms with Crippen molar-refractivity contribution in [2.45, 2.75) is 0 Å².